The number of rotatable bonds is 5. The first-order valence-corrected chi connectivity index (χ1v) is 8.49. The number of ether oxygens (including phenoxy) is 1. The summed E-state index contributed by atoms with van der Waals surface area (Å²) in [5.41, 5.74) is 0. The van der Waals surface area contributed by atoms with Crippen LogP contribution in [0.5, 0.6) is 0 Å². The van der Waals surface area contributed by atoms with Crippen LogP contribution in [0.15, 0.2) is 0 Å². The van der Waals surface area contributed by atoms with Crippen LogP contribution in [-0.2, 0) is 14.3 Å². The summed E-state index contributed by atoms with van der Waals surface area (Å²) in [6.45, 7) is 6.28. The lowest BCUT2D eigenvalue weighted by Gasteiger charge is -2.35. The minimum atomic E-state index is -0.353. The van der Waals surface area contributed by atoms with Crippen LogP contribution in [-0.4, -0.2) is 74.1 Å². The van der Waals surface area contributed by atoms with E-state index in [1.54, 1.807) is 0 Å². The Morgan fingerprint density at radius 2 is 2.00 bits per heavy atom. The first-order chi connectivity index (χ1) is 10.6. The number of hydrogen-bond acceptors (Lipinski definition) is 4. The fourth-order valence-corrected chi connectivity index (χ4v) is 3.09. The third-order valence-corrected chi connectivity index (χ3v) is 4.58. The highest BCUT2D eigenvalue weighted by Gasteiger charge is 2.32. The standard InChI is InChI=1S/C16H29N3O3.ClH/c1-3-4-8-18(2)15(20)13-5-9-19(10-6-13)16(21)14-12-17-7-11-22-14;/h13-14,17H,3-12H2,1-2H3;1H. The fraction of sp³-hybridized carbons (Fsp3) is 0.875. The molecule has 0 saturated carbocycles. The number of morpholine rings is 1. The molecule has 23 heavy (non-hydrogen) atoms. The van der Waals surface area contributed by atoms with Gasteiger partial charge in [0.25, 0.3) is 5.91 Å². The molecule has 2 aliphatic heterocycles. The third-order valence-electron chi connectivity index (χ3n) is 4.58. The second-order valence-electron chi connectivity index (χ2n) is 6.28. The van der Waals surface area contributed by atoms with E-state index in [0.717, 1.165) is 38.8 Å². The zero-order chi connectivity index (χ0) is 15.9. The zero-order valence-corrected chi connectivity index (χ0v) is 15.1. The van der Waals surface area contributed by atoms with E-state index in [0.29, 0.717) is 26.2 Å². The van der Waals surface area contributed by atoms with Crippen molar-refractivity contribution < 1.29 is 14.3 Å². The van der Waals surface area contributed by atoms with Gasteiger partial charge in [-0.05, 0) is 19.3 Å². The van der Waals surface area contributed by atoms with Crippen molar-refractivity contribution in [1.29, 1.82) is 0 Å². The third kappa shape index (κ3) is 5.62. The van der Waals surface area contributed by atoms with Gasteiger partial charge in [-0.2, -0.15) is 0 Å². The Kier molecular flexibility index (Phi) is 8.87. The Bertz CT molecular complexity index is 381. The van der Waals surface area contributed by atoms with E-state index >= 15 is 0 Å². The molecule has 2 amide bonds. The highest BCUT2D eigenvalue weighted by molar-refractivity contribution is 5.85. The summed E-state index contributed by atoms with van der Waals surface area (Å²) in [5.74, 6) is 0.366. The Morgan fingerprint density at radius 3 is 2.57 bits per heavy atom. The number of amides is 2. The molecule has 2 aliphatic rings. The van der Waals surface area contributed by atoms with Crippen LogP contribution in [0.3, 0.4) is 0 Å². The maximum atomic E-state index is 12.4. The van der Waals surface area contributed by atoms with E-state index in [4.69, 9.17) is 4.74 Å². The molecule has 7 heteroatoms. The Morgan fingerprint density at radius 1 is 1.30 bits per heavy atom. The SMILES string of the molecule is CCCCN(C)C(=O)C1CCN(C(=O)C2CNCCO2)CC1.Cl. The first kappa shape index (κ1) is 20.2. The van der Waals surface area contributed by atoms with Crippen LogP contribution in [0.25, 0.3) is 0 Å². The normalized spacial score (nSPS) is 22.3. The monoisotopic (exact) mass is 347 g/mol. The maximum absolute atomic E-state index is 12.4. The molecule has 2 rings (SSSR count). The minimum absolute atomic E-state index is 0. The molecule has 0 aromatic heterocycles. The van der Waals surface area contributed by atoms with Crippen molar-refractivity contribution in [2.24, 2.45) is 5.92 Å². The molecule has 134 valence electrons. The second kappa shape index (κ2) is 10.1. The van der Waals surface area contributed by atoms with E-state index in [2.05, 4.69) is 12.2 Å². The minimum Gasteiger partial charge on any atom is -0.366 e. The number of nitrogens with one attached hydrogen (secondary N) is 1. The van der Waals surface area contributed by atoms with Crippen molar-refractivity contribution in [1.82, 2.24) is 15.1 Å². The largest absolute Gasteiger partial charge is 0.366 e. The quantitative estimate of drug-likeness (QED) is 0.802. The summed E-state index contributed by atoms with van der Waals surface area (Å²) < 4.78 is 5.52. The van der Waals surface area contributed by atoms with Gasteiger partial charge < -0.3 is 19.9 Å². The molecule has 0 spiro atoms. The van der Waals surface area contributed by atoms with Gasteiger partial charge in [-0.15, -0.1) is 12.4 Å². The van der Waals surface area contributed by atoms with E-state index < -0.39 is 0 Å². The molecule has 1 N–H and O–H groups in total. The Hall–Kier alpha value is -0.850. The summed E-state index contributed by atoms with van der Waals surface area (Å²) in [5, 5.41) is 3.18. The molecule has 1 unspecified atom stereocenters. The van der Waals surface area contributed by atoms with Crippen molar-refractivity contribution in [2.45, 2.75) is 38.7 Å². The van der Waals surface area contributed by atoms with E-state index in [1.807, 2.05) is 16.8 Å². The summed E-state index contributed by atoms with van der Waals surface area (Å²) in [7, 11) is 1.89. The molecule has 0 radical (unpaired) electrons. The molecule has 0 aliphatic carbocycles. The highest BCUT2D eigenvalue weighted by atomic mass is 35.5. The summed E-state index contributed by atoms with van der Waals surface area (Å²) in [4.78, 5) is 28.4. The lowest BCUT2D eigenvalue weighted by Crippen LogP contribution is -2.52. The van der Waals surface area contributed by atoms with Crippen molar-refractivity contribution in [3.8, 4) is 0 Å². The average Bonchev–Trinajstić information content (AvgIpc) is 2.59. The van der Waals surface area contributed by atoms with Crippen molar-refractivity contribution in [2.75, 3.05) is 46.4 Å². The number of unbranched alkanes of at least 4 members (excludes halogenated alkanes) is 1. The zero-order valence-electron chi connectivity index (χ0n) is 14.3. The van der Waals surface area contributed by atoms with Gasteiger partial charge in [0.1, 0.15) is 6.10 Å². The topological polar surface area (TPSA) is 61.9 Å². The van der Waals surface area contributed by atoms with Gasteiger partial charge in [0, 0.05) is 45.7 Å². The van der Waals surface area contributed by atoms with E-state index in [1.165, 1.54) is 0 Å². The fourth-order valence-electron chi connectivity index (χ4n) is 3.09. The molecule has 1 atom stereocenters. The summed E-state index contributed by atoms with van der Waals surface area (Å²) >= 11 is 0. The number of nitrogens with zero attached hydrogens (tertiary/aromatic N) is 2. The highest BCUT2D eigenvalue weighted by Crippen LogP contribution is 2.20. The number of piperidine rings is 1. The van der Waals surface area contributed by atoms with Gasteiger partial charge in [-0.1, -0.05) is 13.3 Å². The maximum Gasteiger partial charge on any atom is 0.253 e. The average molecular weight is 348 g/mol. The lowest BCUT2D eigenvalue weighted by atomic mass is 9.95. The number of likely N-dealkylation sites (tertiary alicyclic amines) is 1. The van der Waals surface area contributed by atoms with Gasteiger partial charge in [-0.25, -0.2) is 0 Å². The van der Waals surface area contributed by atoms with Crippen LogP contribution in [0.2, 0.25) is 0 Å². The number of hydrogen-bond donors (Lipinski definition) is 1. The number of carbonyl (C=O) groups is 2. The molecule has 0 aromatic carbocycles. The van der Waals surface area contributed by atoms with Crippen LogP contribution in [0.1, 0.15) is 32.6 Å². The lowest BCUT2D eigenvalue weighted by molar-refractivity contribution is -0.148. The Balaban J connectivity index is 0.00000264. The van der Waals surface area contributed by atoms with Crippen LogP contribution in [0, 0.1) is 5.92 Å². The van der Waals surface area contributed by atoms with Crippen molar-refractivity contribution >= 4 is 24.2 Å². The summed E-state index contributed by atoms with van der Waals surface area (Å²) in [6, 6.07) is 0. The molecule has 2 fully saturated rings. The van der Waals surface area contributed by atoms with Crippen molar-refractivity contribution in [3.05, 3.63) is 0 Å². The second-order valence-corrected chi connectivity index (χ2v) is 6.28. The van der Waals surface area contributed by atoms with Gasteiger partial charge in [0.15, 0.2) is 0 Å². The van der Waals surface area contributed by atoms with Crippen molar-refractivity contribution in [3.63, 3.8) is 0 Å². The predicted octanol–water partition coefficient (Wildman–Crippen LogP) is 0.894. The van der Waals surface area contributed by atoms with Crippen LogP contribution < -0.4 is 5.32 Å². The molecule has 0 aromatic rings. The molecule has 2 saturated heterocycles. The molecule has 0 bridgehead atoms. The van der Waals surface area contributed by atoms with E-state index in [9.17, 15) is 9.59 Å². The molecular weight excluding hydrogens is 318 g/mol. The Labute approximate surface area is 145 Å². The number of halogens is 1. The predicted molar refractivity (Wildman–Crippen MR) is 91.7 cm³/mol. The smallest absolute Gasteiger partial charge is 0.253 e. The van der Waals surface area contributed by atoms with Gasteiger partial charge in [-0.3, -0.25) is 9.59 Å². The van der Waals surface area contributed by atoms with Crippen LogP contribution in [0.4, 0.5) is 0 Å². The first-order valence-electron chi connectivity index (χ1n) is 8.49. The molecule has 2 heterocycles. The van der Waals surface area contributed by atoms with E-state index in [-0.39, 0.29) is 36.2 Å². The molecule has 6 nitrogen and oxygen atoms in total. The van der Waals surface area contributed by atoms with Gasteiger partial charge in [0.05, 0.1) is 6.61 Å². The number of carbonyl (C=O) groups excluding carboxylic acids is 2. The summed E-state index contributed by atoms with van der Waals surface area (Å²) in [6.07, 6.45) is 3.32. The van der Waals surface area contributed by atoms with Crippen LogP contribution >= 0.6 is 12.4 Å². The van der Waals surface area contributed by atoms with Gasteiger partial charge in [0.2, 0.25) is 5.91 Å². The molecular formula is C16H30ClN3O3. The van der Waals surface area contributed by atoms with Gasteiger partial charge >= 0.3 is 0 Å².